The average molecular weight is 540 g/mol. The number of aromatic nitrogens is 1. The number of hydrogen-bond donors (Lipinski definition) is 1. The third-order valence-corrected chi connectivity index (χ3v) is 8.21. The Labute approximate surface area is 228 Å². The molecule has 6 nitrogen and oxygen atoms in total. The summed E-state index contributed by atoms with van der Waals surface area (Å²) in [6.45, 7) is 5.64. The number of nitrogens with zero attached hydrogens (tertiary/aromatic N) is 3. The molecule has 0 bridgehead atoms. The van der Waals surface area contributed by atoms with Crippen LogP contribution in [0, 0.1) is 11.3 Å². The summed E-state index contributed by atoms with van der Waals surface area (Å²) < 4.78 is 6.12. The number of carbonyl (C=O) groups excluding carboxylic acids is 1. The number of likely N-dealkylation sites (tertiary alicyclic amines) is 1. The summed E-state index contributed by atoms with van der Waals surface area (Å²) in [6.07, 6.45) is 3.26. The lowest BCUT2D eigenvalue weighted by Crippen LogP contribution is -2.42. The zero-order valence-electron chi connectivity index (χ0n) is 20.9. The van der Waals surface area contributed by atoms with Crippen LogP contribution in [-0.2, 0) is 4.79 Å². The monoisotopic (exact) mass is 538 g/mol. The van der Waals surface area contributed by atoms with Crippen LogP contribution in [0.5, 0.6) is 5.88 Å². The summed E-state index contributed by atoms with van der Waals surface area (Å²) in [5.74, 6) is 0.914. The van der Waals surface area contributed by atoms with Gasteiger partial charge in [-0.1, -0.05) is 42.3 Å². The van der Waals surface area contributed by atoms with E-state index in [0.29, 0.717) is 35.6 Å². The van der Waals surface area contributed by atoms with E-state index < -0.39 is 0 Å². The lowest BCUT2D eigenvalue weighted by atomic mass is 9.77. The van der Waals surface area contributed by atoms with E-state index in [1.165, 1.54) is 0 Å². The van der Waals surface area contributed by atoms with Crippen molar-refractivity contribution in [1.82, 2.24) is 9.88 Å². The highest BCUT2D eigenvalue weighted by Gasteiger charge is 2.47. The smallest absolute Gasteiger partial charge is 0.225 e. The Kier molecular flexibility index (Phi) is 7.50. The van der Waals surface area contributed by atoms with Gasteiger partial charge in [0.1, 0.15) is 0 Å². The molecule has 2 fully saturated rings. The Balaban J connectivity index is 1.28. The number of piperidine rings is 1. The van der Waals surface area contributed by atoms with E-state index in [9.17, 15) is 4.79 Å². The van der Waals surface area contributed by atoms with Gasteiger partial charge in [0.15, 0.2) is 0 Å². The van der Waals surface area contributed by atoms with Crippen molar-refractivity contribution in [2.45, 2.75) is 25.7 Å². The largest absolute Gasteiger partial charge is 0.477 e. The molecular formula is C29H32Cl2N4O2. The molecule has 1 aromatic heterocycles. The molecule has 0 spiro atoms. The molecule has 5 rings (SSSR count). The van der Waals surface area contributed by atoms with Gasteiger partial charge in [-0.15, -0.1) is 0 Å². The summed E-state index contributed by atoms with van der Waals surface area (Å²) >= 11 is 12.1. The predicted octanol–water partition coefficient (Wildman–Crippen LogP) is 5.90. The maximum Gasteiger partial charge on any atom is 0.225 e. The lowest BCUT2D eigenvalue weighted by Gasteiger charge is -2.35. The number of amides is 1. The number of pyridine rings is 1. The second kappa shape index (κ2) is 10.8. The highest BCUT2D eigenvalue weighted by atomic mass is 35.5. The fraction of sp³-hybridized carbons (Fsp3) is 0.379. The topological polar surface area (TPSA) is 71.7 Å². The van der Waals surface area contributed by atoms with E-state index in [1.54, 1.807) is 18.3 Å². The van der Waals surface area contributed by atoms with Crippen molar-refractivity contribution in [3.05, 3.63) is 82.5 Å². The number of anilines is 2. The fourth-order valence-corrected chi connectivity index (χ4v) is 5.82. The molecule has 0 radical (unpaired) electrons. The second-order valence-corrected chi connectivity index (χ2v) is 11.3. The van der Waals surface area contributed by atoms with Crippen molar-refractivity contribution in [1.29, 1.82) is 0 Å². The van der Waals surface area contributed by atoms with Crippen LogP contribution in [0.2, 0.25) is 10.0 Å². The van der Waals surface area contributed by atoms with Crippen molar-refractivity contribution in [2.24, 2.45) is 11.3 Å². The van der Waals surface area contributed by atoms with Crippen LogP contribution in [0.4, 0.5) is 11.4 Å². The van der Waals surface area contributed by atoms with Crippen molar-refractivity contribution in [3.63, 3.8) is 0 Å². The molecule has 3 heterocycles. The molecule has 0 aliphatic carbocycles. The maximum atomic E-state index is 13.7. The van der Waals surface area contributed by atoms with Gasteiger partial charge in [0.2, 0.25) is 11.8 Å². The normalized spacial score (nSPS) is 22.3. The number of carbonyl (C=O) groups is 1. The van der Waals surface area contributed by atoms with Crippen LogP contribution >= 0.6 is 23.2 Å². The molecule has 8 heteroatoms. The minimum absolute atomic E-state index is 0.0251. The van der Waals surface area contributed by atoms with Gasteiger partial charge in [-0.25, -0.2) is 4.98 Å². The zero-order chi connectivity index (χ0) is 26.0. The van der Waals surface area contributed by atoms with Gasteiger partial charge in [0, 0.05) is 72.1 Å². The first-order chi connectivity index (χ1) is 17.8. The van der Waals surface area contributed by atoms with Crippen LogP contribution in [-0.4, -0.2) is 48.6 Å². The molecule has 3 aromatic rings. The minimum atomic E-state index is -0.282. The third kappa shape index (κ3) is 5.81. The van der Waals surface area contributed by atoms with E-state index in [4.69, 9.17) is 33.7 Å². The van der Waals surface area contributed by atoms with Crippen LogP contribution in [0.3, 0.4) is 0 Å². The number of rotatable bonds is 6. The predicted molar refractivity (Wildman–Crippen MR) is 149 cm³/mol. The van der Waals surface area contributed by atoms with Crippen molar-refractivity contribution in [3.8, 4) is 5.88 Å². The number of nitrogens with two attached hydrogens (primary N) is 1. The summed E-state index contributed by atoms with van der Waals surface area (Å²) in [7, 11) is 0. The van der Waals surface area contributed by atoms with E-state index >= 15 is 0 Å². The van der Waals surface area contributed by atoms with E-state index in [2.05, 4.69) is 41.1 Å². The number of ether oxygens (including phenoxy) is 1. The summed E-state index contributed by atoms with van der Waals surface area (Å²) in [6, 6.07) is 19.4. The quantitative estimate of drug-likeness (QED) is 0.395. The fourth-order valence-electron chi connectivity index (χ4n) is 5.58. The number of hydrogen-bond acceptors (Lipinski definition) is 5. The Morgan fingerprint density at radius 2 is 1.70 bits per heavy atom. The van der Waals surface area contributed by atoms with Gasteiger partial charge in [0.05, 0.1) is 11.6 Å². The first-order valence-electron chi connectivity index (χ1n) is 12.7. The minimum Gasteiger partial charge on any atom is -0.477 e. The Hall–Kier alpha value is -2.96. The van der Waals surface area contributed by atoms with Gasteiger partial charge in [-0.3, -0.25) is 4.79 Å². The van der Waals surface area contributed by atoms with Crippen LogP contribution in [0.1, 0.15) is 31.2 Å². The van der Waals surface area contributed by atoms with Gasteiger partial charge < -0.3 is 20.3 Å². The van der Waals surface area contributed by atoms with Crippen molar-refractivity contribution in [2.75, 3.05) is 43.4 Å². The molecule has 2 saturated heterocycles. The summed E-state index contributed by atoms with van der Waals surface area (Å²) in [4.78, 5) is 22.4. The summed E-state index contributed by atoms with van der Waals surface area (Å²) in [5, 5.41) is 1.27. The van der Waals surface area contributed by atoms with Gasteiger partial charge in [-0.05, 0) is 60.9 Å². The number of nitrogen functional groups attached to an aromatic ring is 1. The molecule has 1 amide bonds. The molecule has 37 heavy (non-hydrogen) atoms. The first kappa shape index (κ1) is 25.7. The first-order valence-corrected chi connectivity index (χ1v) is 13.5. The molecule has 194 valence electrons. The Bertz CT molecular complexity index is 1210. The lowest BCUT2D eigenvalue weighted by molar-refractivity contribution is -0.135. The van der Waals surface area contributed by atoms with Crippen molar-refractivity contribution < 1.29 is 9.53 Å². The molecule has 2 aromatic carbocycles. The van der Waals surface area contributed by atoms with Gasteiger partial charge in [-0.2, -0.15) is 0 Å². The third-order valence-electron chi connectivity index (χ3n) is 7.73. The molecule has 0 saturated carbocycles. The highest BCUT2D eigenvalue weighted by molar-refractivity contribution is 6.30. The maximum absolute atomic E-state index is 13.7. The molecule has 2 unspecified atom stereocenters. The highest BCUT2D eigenvalue weighted by Crippen LogP contribution is 2.44. The Morgan fingerprint density at radius 3 is 2.35 bits per heavy atom. The van der Waals surface area contributed by atoms with E-state index in [0.717, 1.165) is 42.9 Å². The number of benzene rings is 2. The molecule has 2 aliphatic rings. The SMILES string of the molecule is CC1(COc2ccc(Cl)cn2)CN(C(=O)C2CCN(c3ccc(N)cc3)CC2)CC1c1ccc(Cl)cc1. The average Bonchev–Trinajstić information content (AvgIpc) is 3.26. The molecule has 2 aliphatic heterocycles. The van der Waals surface area contributed by atoms with Gasteiger partial charge in [0.25, 0.3) is 0 Å². The standard InChI is InChI=1S/C29H32Cl2N4O2/c1-29(19-37-27-11-6-23(31)16-33-27)18-35(17-26(29)20-2-4-22(30)5-3-20)28(36)21-12-14-34(15-13-21)25-9-7-24(32)8-10-25/h2-11,16,21,26H,12-15,17-19,32H2,1H3. The zero-order valence-corrected chi connectivity index (χ0v) is 22.5. The van der Waals surface area contributed by atoms with Crippen LogP contribution < -0.4 is 15.4 Å². The number of halogens is 2. The van der Waals surface area contributed by atoms with E-state index in [1.807, 2.05) is 29.2 Å². The molecule has 2 atom stereocenters. The second-order valence-electron chi connectivity index (χ2n) is 10.4. The van der Waals surface area contributed by atoms with Crippen LogP contribution in [0.25, 0.3) is 0 Å². The van der Waals surface area contributed by atoms with Crippen LogP contribution in [0.15, 0.2) is 66.9 Å². The van der Waals surface area contributed by atoms with Gasteiger partial charge >= 0.3 is 0 Å². The summed E-state index contributed by atoms with van der Waals surface area (Å²) in [5.41, 5.74) is 8.63. The van der Waals surface area contributed by atoms with Crippen molar-refractivity contribution >= 4 is 40.5 Å². The molecular weight excluding hydrogens is 507 g/mol. The molecule has 2 N–H and O–H groups in total. The Morgan fingerprint density at radius 1 is 1.03 bits per heavy atom. The van der Waals surface area contributed by atoms with E-state index in [-0.39, 0.29) is 23.2 Å².